The monoisotopic (exact) mass is 438 g/mol. The Morgan fingerprint density at radius 1 is 1.39 bits per heavy atom. The number of anilines is 1. The van der Waals surface area contributed by atoms with Gasteiger partial charge in [-0.3, -0.25) is 9.89 Å². The lowest BCUT2D eigenvalue weighted by Crippen LogP contribution is -2.15. The number of aromatic nitrogens is 5. The molecule has 4 rings (SSSR count). The first kappa shape index (κ1) is 20.4. The summed E-state index contributed by atoms with van der Waals surface area (Å²) in [5.41, 5.74) is 1.93. The minimum atomic E-state index is -1.81. The second-order valence-corrected chi connectivity index (χ2v) is 6.74. The maximum absolute atomic E-state index is 14.1. The van der Waals surface area contributed by atoms with E-state index in [1.807, 2.05) is 6.92 Å². The molecular formula is C21H16ClFN6O2. The second-order valence-electron chi connectivity index (χ2n) is 6.30. The van der Waals surface area contributed by atoms with Crippen LogP contribution in [0.1, 0.15) is 23.8 Å². The molecule has 0 saturated carbocycles. The van der Waals surface area contributed by atoms with Crippen molar-refractivity contribution in [2.75, 3.05) is 5.32 Å². The highest BCUT2D eigenvalue weighted by Crippen LogP contribution is 2.36. The quantitative estimate of drug-likeness (QED) is 0.457. The number of fused-ring (bicyclic) bond motifs is 1. The molecule has 0 bridgehead atoms. The number of alkyl halides is 1. The van der Waals surface area contributed by atoms with Crippen molar-refractivity contribution in [1.29, 1.82) is 0 Å². The van der Waals surface area contributed by atoms with Gasteiger partial charge in [0, 0.05) is 23.2 Å². The minimum Gasteiger partial charge on any atom is -0.449 e. The first-order chi connectivity index (χ1) is 15.1. The summed E-state index contributed by atoms with van der Waals surface area (Å²) < 4.78 is 20.9. The molecule has 0 aliphatic rings. The molecule has 1 unspecified atom stereocenters. The molecule has 0 aliphatic carbocycles. The number of imidazole rings is 1. The molecule has 8 nitrogen and oxygen atoms in total. The van der Waals surface area contributed by atoms with E-state index in [-0.39, 0.29) is 11.4 Å². The van der Waals surface area contributed by atoms with Crippen LogP contribution in [-0.2, 0) is 0 Å². The van der Waals surface area contributed by atoms with Crippen molar-refractivity contribution in [3.05, 3.63) is 59.6 Å². The van der Waals surface area contributed by atoms with E-state index in [0.29, 0.717) is 34.0 Å². The topological polar surface area (TPSA) is 97.2 Å². The molecule has 3 aromatic heterocycles. The number of ether oxygens (including phenoxy) is 1. The van der Waals surface area contributed by atoms with Crippen molar-refractivity contribution >= 4 is 28.8 Å². The Labute approximate surface area is 181 Å². The third kappa shape index (κ3) is 4.34. The SMILES string of the molecule is CCC#CC(F)Oc1ccc(Cl)cc1-c1[nH]ncc1NC(=O)c1cnc2cccnn12. The maximum atomic E-state index is 14.1. The van der Waals surface area contributed by atoms with E-state index in [9.17, 15) is 9.18 Å². The molecule has 2 N–H and O–H groups in total. The number of carbonyl (C=O) groups is 1. The van der Waals surface area contributed by atoms with E-state index in [1.54, 1.807) is 30.5 Å². The van der Waals surface area contributed by atoms with E-state index in [4.69, 9.17) is 16.3 Å². The molecule has 0 saturated heterocycles. The van der Waals surface area contributed by atoms with Gasteiger partial charge < -0.3 is 10.1 Å². The fourth-order valence-corrected chi connectivity index (χ4v) is 3.05. The number of benzene rings is 1. The lowest BCUT2D eigenvalue weighted by molar-refractivity contribution is 0.102. The van der Waals surface area contributed by atoms with Gasteiger partial charge in [0.15, 0.2) is 11.3 Å². The highest BCUT2D eigenvalue weighted by molar-refractivity contribution is 6.31. The summed E-state index contributed by atoms with van der Waals surface area (Å²) >= 11 is 6.14. The number of amides is 1. The van der Waals surface area contributed by atoms with Crippen LogP contribution in [0.15, 0.2) is 48.9 Å². The van der Waals surface area contributed by atoms with E-state index >= 15 is 0 Å². The van der Waals surface area contributed by atoms with Gasteiger partial charge in [0.05, 0.1) is 23.8 Å². The molecule has 1 aromatic carbocycles. The molecule has 31 heavy (non-hydrogen) atoms. The summed E-state index contributed by atoms with van der Waals surface area (Å²) in [7, 11) is 0. The van der Waals surface area contributed by atoms with Crippen molar-refractivity contribution in [1.82, 2.24) is 24.8 Å². The van der Waals surface area contributed by atoms with Crippen LogP contribution in [0, 0.1) is 11.8 Å². The van der Waals surface area contributed by atoms with Gasteiger partial charge in [0.1, 0.15) is 5.75 Å². The maximum Gasteiger partial charge on any atom is 0.301 e. The molecule has 0 radical (unpaired) electrons. The molecule has 1 atom stereocenters. The Morgan fingerprint density at radius 2 is 2.26 bits per heavy atom. The Balaban J connectivity index is 1.65. The largest absolute Gasteiger partial charge is 0.449 e. The van der Waals surface area contributed by atoms with Crippen LogP contribution in [0.5, 0.6) is 5.75 Å². The van der Waals surface area contributed by atoms with Gasteiger partial charge in [0.25, 0.3) is 5.91 Å². The number of carbonyl (C=O) groups excluding carboxylic acids is 1. The second kappa shape index (κ2) is 8.85. The molecule has 4 aromatic rings. The summed E-state index contributed by atoms with van der Waals surface area (Å²) in [5, 5.41) is 14.1. The van der Waals surface area contributed by atoms with Crippen LogP contribution in [-0.4, -0.2) is 37.1 Å². The number of aromatic amines is 1. The lowest BCUT2D eigenvalue weighted by Gasteiger charge is -2.13. The Kier molecular flexibility index (Phi) is 5.82. The Morgan fingerprint density at radius 3 is 3.10 bits per heavy atom. The Bertz CT molecular complexity index is 1310. The molecule has 0 fully saturated rings. The van der Waals surface area contributed by atoms with Crippen LogP contribution in [0.4, 0.5) is 10.1 Å². The number of hydrogen-bond donors (Lipinski definition) is 2. The zero-order valence-corrected chi connectivity index (χ0v) is 17.0. The number of hydrogen-bond acceptors (Lipinski definition) is 5. The number of halogens is 2. The normalized spacial score (nSPS) is 11.6. The molecule has 156 valence electrons. The van der Waals surface area contributed by atoms with Gasteiger partial charge in [-0.2, -0.15) is 14.6 Å². The summed E-state index contributed by atoms with van der Waals surface area (Å²) in [6.45, 7) is 1.81. The molecule has 3 heterocycles. The van der Waals surface area contributed by atoms with Crippen LogP contribution < -0.4 is 10.1 Å². The van der Waals surface area contributed by atoms with Gasteiger partial charge in [-0.15, -0.1) is 0 Å². The van der Waals surface area contributed by atoms with Crippen LogP contribution in [0.3, 0.4) is 0 Å². The summed E-state index contributed by atoms with van der Waals surface area (Å²) in [4.78, 5) is 17.0. The molecule has 0 aliphatic heterocycles. The van der Waals surface area contributed by atoms with Crippen LogP contribution >= 0.6 is 11.6 Å². The van der Waals surface area contributed by atoms with Gasteiger partial charge in [-0.25, -0.2) is 9.50 Å². The fourth-order valence-electron chi connectivity index (χ4n) is 2.88. The van der Waals surface area contributed by atoms with Crippen molar-refractivity contribution in [2.45, 2.75) is 19.7 Å². The number of nitrogens with zero attached hydrogens (tertiary/aromatic N) is 4. The van der Waals surface area contributed by atoms with E-state index in [2.05, 4.69) is 37.4 Å². The summed E-state index contributed by atoms with van der Waals surface area (Å²) in [5.74, 6) is 4.74. The van der Waals surface area contributed by atoms with Crippen molar-refractivity contribution < 1.29 is 13.9 Å². The molecule has 0 spiro atoms. The highest BCUT2D eigenvalue weighted by Gasteiger charge is 2.20. The smallest absolute Gasteiger partial charge is 0.301 e. The highest BCUT2D eigenvalue weighted by atomic mass is 35.5. The van der Waals surface area contributed by atoms with Crippen molar-refractivity contribution in [2.24, 2.45) is 0 Å². The predicted molar refractivity (Wildman–Crippen MR) is 114 cm³/mol. The van der Waals surface area contributed by atoms with Crippen LogP contribution in [0.25, 0.3) is 16.9 Å². The fraction of sp³-hybridized carbons (Fsp3) is 0.143. The zero-order chi connectivity index (χ0) is 21.8. The first-order valence-corrected chi connectivity index (χ1v) is 9.67. The third-order valence-corrected chi connectivity index (χ3v) is 4.47. The van der Waals surface area contributed by atoms with E-state index < -0.39 is 12.3 Å². The molecule has 10 heteroatoms. The average molecular weight is 439 g/mol. The first-order valence-electron chi connectivity index (χ1n) is 9.29. The van der Waals surface area contributed by atoms with Crippen LogP contribution in [0.2, 0.25) is 5.02 Å². The average Bonchev–Trinajstić information content (AvgIpc) is 3.40. The summed E-state index contributed by atoms with van der Waals surface area (Å²) in [6, 6.07) is 8.13. The van der Waals surface area contributed by atoms with E-state index in [1.165, 1.54) is 23.0 Å². The number of nitrogens with one attached hydrogen (secondary N) is 2. The predicted octanol–water partition coefficient (Wildman–Crippen LogP) is 4.11. The van der Waals surface area contributed by atoms with Gasteiger partial charge >= 0.3 is 6.36 Å². The molecular weight excluding hydrogens is 423 g/mol. The number of H-pyrrole nitrogens is 1. The van der Waals surface area contributed by atoms with Gasteiger partial charge in [-0.05, 0) is 36.3 Å². The number of rotatable bonds is 5. The standard InChI is InChI=1S/C21H16ClFN6O2/c1-2-3-5-18(23)31-17-8-7-13(22)10-14(17)20-15(11-25-28-20)27-21(30)16-12-24-19-6-4-9-26-29(16)19/h4,6-12,18H,2H2,1H3,(H,25,28)(H,27,30). The Hall–Kier alpha value is -3.90. The van der Waals surface area contributed by atoms with Crippen molar-refractivity contribution in [3.63, 3.8) is 0 Å². The van der Waals surface area contributed by atoms with Crippen molar-refractivity contribution in [3.8, 4) is 28.8 Å². The zero-order valence-electron chi connectivity index (χ0n) is 16.3. The third-order valence-electron chi connectivity index (χ3n) is 4.23. The lowest BCUT2D eigenvalue weighted by atomic mass is 10.1. The van der Waals surface area contributed by atoms with Gasteiger partial charge in [-0.1, -0.05) is 24.4 Å². The van der Waals surface area contributed by atoms with Gasteiger partial charge in [0.2, 0.25) is 0 Å². The van der Waals surface area contributed by atoms with E-state index in [0.717, 1.165) is 0 Å². The molecule has 1 amide bonds. The minimum absolute atomic E-state index is 0.193. The summed E-state index contributed by atoms with van der Waals surface area (Å²) in [6.07, 6.45) is 3.10.